The Labute approximate surface area is 177 Å². The number of ether oxygens (including phenoxy) is 1. The molecule has 0 saturated heterocycles. The Morgan fingerprint density at radius 1 is 0.903 bits per heavy atom. The van der Waals surface area contributed by atoms with Crippen molar-refractivity contribution in [2.75, 3.05) is 6.61 Å². The fourth-order valence-electron chi connectivity index (χ4n) is 3.11. The molecular formula is C22H20N6O3. The van der Waals surface area contributed by atoms with Gasteiger partial charge in [-0.15, -0.1) is 0 Å². The van der Waals surface area contributed by atoms with Crippen LogP contribution in [0.2, 0.25) is 0 Å². The summed E-state index contributed by atoms with van der Waals surface area (Å²) < 4.78 is 5.73. The molecule has 0 aliphatic rings. The molecule has 0 radical (unpaired) electrons. The third kappa shape index (κ3) is 4.72. The van der Waals surface area contributed by atoms with E-state index in [9.17, 15) is 9.59 Å². The van der Waals surface area contributed by atoms with Gasteiger partial charge in [0.25, 0.3) is 11.1 Å². The monoisotopic (exact) mass is 416 g/mol. The van der Waals surface area contributed by atoms with Crippen molar-refractivity contribution in [1.82, 2.24) is 29.9 Å². The van der Waals surface area contributed by atoms with Crippen molar-refractivity contribution >= 4 is 0 Å². The molecule has 0 aliphatic heterocycles. The number of aromatic amines is 2. The number of nitrogens with zero attached hydrogens (tertiary/aromatic N) is 4. The second kappa shape index (κ2) is 8.70. The molecule has 4 aromatic rings. The van der Waals surface area contributed by atoms with E-state index in [4.69, 9.17) is 4.74 Å². The molecule has 0 aromatic carbocycles. The minimum Gasteiger partial charge on any atom is -0.477 e. The number of aryl methyl sites for hydroxylation is 2. The van der Waals surface area contributed by atoms with E-state index in [2.05, 4.69) is 29.9 Å². The Bertz CT molecular complexity index is 1330. The van der Waals surface area contributed by atoms with E-state index in [1.165, 1.54) is 6.07 Å². The van der Waals surface area contributed by atoms with Crippen LogP contribution in [0.4, 0.5) is 0 Å². The van der Waals surface area contributed by atoms with Gasteiger partial charge in [-0.3, -0.25) is 14.6 Å². The van der Waals surface area contributed by atoms with Crippen molar-refractivity contribution in [1.29, 1.82) is 0 Å². The quantitative estimate of drug-likeness (QED) is 0.493. The number of hydrogen-bond acceptors (Lipinski definition) is 7. The van der Waals surface area contributed by atoms with E-state index in [0.717, 1.165) is 0 Å². The normalized spacial score (nSPS) is 10.8. The Hall–Kier alpha value is -4.14. The largest absolute Gasteiger partial charge is 0.477 e. The molecule has 0 atom stereocenters. The van der Waals surface area contributed by atoms with Crippen LogP contribution in [0.5, 0.6) is 5.88 Å². The van der Waals surface area contributed by atoms with Gasteiger partial charge in [0.05, 0.1) is 6.61 Å². The zero-order valence-corrected chi connectivity index (χ0v) is 17.0. The number of rotatable bonds is 6. The maximum Gasteiger partial charge on any atom is 0.254 e. The highest BCUT2D eigenvalue weighted by Crippen LogP contribution is 2.16. The van der Waals surface area contributed by atoms with Gasteiger partial charge in [-0.2, -0.15) is 0 Å². The lowest BCUT2D eigenvalue weighted by Gasteiger charge is -2.09. The average molecular weight is 416 g/mol. The first kappa shape index (κ1) is 20.1. The second-order valence-electron chi connectivity index (χ2n) is 6.89. The lowest BCUT2D eigenvalue weighted by Crippen LogP contribution is -2.20. The molecule has 0 spiro atoms. The topological polar surface area (TPSA) is 127 Å². The van der Waals surface area contributed by atoms with E-state index in [0.29, 0.717) is 52.3 Å². The Kier molecular flexibility index (Phi) is 5.65. The van der Waals surface area contributed by atoms with Crippen molar-refractivity contribution in [3.63, 3.8) is 0 Å². The highest BCUT2D eigenvalue weighted by Gasteiger charge is 2.11. The average Bonchev–Trinajstić information content (AvgIpc) is 2.76. The van der Waals surface area contributed by atoms with Crippen LogP contribution in [-0.2, 0) is 6.42 Å². The van der Waals surface area contributed by atoms with Crippen molar-refractivity contribution in [2.45, 2.75) is 20.3 Å². The molecule has 4 aromatic heterocycles. The smallest absolute Gasteiger partial charge is 0.254 e. The molecule has 2 N–H and O–H groups in total. The Morgan fingerprint density at radius 2 is 1.71 bits per heavy atom. The molecule has 4 heterocycles. The van der Waals surface area contributed by atoms with Gasteiger partial charge < -0.3 is 14.7 Å². The molecule has 0 bridgehead atoms. The van der Waals surface area contributed by atoms with E-state index < -0.39 is 0 Å². The van der Waals surface area contributed by atoms with Crippen LogP contribution in [0.15, 0.2) is 58.3 Å². The van der Waals surface area contributed by atoms with Crippen LogP contribution in [0.25, 0.3) is 23.0 Å². The number of nitrogens with one attached hydrogen (secondary N) is 2. The van der Waals surface area contributed by atoms with Gasteiger partial charge in [0.1, 0.15) is 11.4 Å². The zero-order valence-electron chi connectivity index (χ0n) is 17.0. The van der Waals surface area contributed by atoms with Gasteiger partial charge in [-0.25, -0.2) is 15.0 Å². The first-order valence-electron chi connectivity index (χ1n) is 9.69. The molecule has 0 fully saturated rings. The van der Waals surface area contributed by atoms with E-state index in [1.807, 2.05) is 6.07 Å². The molecule has 0 amide bonds. The van der Waals surface area contributed by atoms with Crippen molar-refractivity contribution in [3.05, 3.63) is 86.3 Å². The summed E-state index contributed by atoms with van der Waals surface area (Å²) >= 11 is 0. The van der Waals surface area contributed by atoms with E-state index in [1.54, 1.807) is 50.4 Å². The Balaban J connectivity index is 1.47. The number of H-pyrrole nitrogens is 2. The summed E-state index contributed by atoms with van der Waals surface area (Å²) in [6, 6.07) is 12.0. The van der Waals surface area contributed by atoms with Gasteiger partial charge in [-0.05, 0) is 32.0 Å². The van der Waals surface area contributed by atoms with Crippen molar-refractivity contribution in [3.8, 4) is 28.9 Å². The predicted octanol–water partition coefficient (Wildman–Crippen LogP) is 2.22. The van der Waals surface area contributed by atoms with Crippen molar-refractivity contribution in [2.24, 2.45) is 0 Å². The van der Waals surface area contributed by atoms with Crippen LogP contribution in [0.3, 0.4) is 0 Å². The van der Waals surface area contributed by atoms with Gasteiger partial charge >= 0.3 is 0 Å². The summed E-state index contributed by atoms with van der Waals surface area (Å²) in [6.07, 6.45) is 2.01. The lowest BCUT2D eigenvalue weighted by atomic mass is 10.2. The Morgan fingerprint density at radius 3 is 2.45 bits per heavy atom. The zero-order chi connectivity index (χ0) is 21.8. The fourth-order valence-corrected chi connectivity index (χ4v) is 3.11. The third-order valence-electron chi connectivity index (χ3n) is 4.57. The first-order valence-corrected chi connectivity index (χ1v) is 9.69. The van der Waals surface area contributed by atoms with Gasteiger partial charge in [-0.1, -0.05) is 12.1 Å². The molecule has 0 aliphatic carbocycles. The summed E-state index contributed by atoms with van der Waals surface area (Å²) in [4.78, 5) is 47.0. The van der Waals surface area contributed by atoms with Gasteiger partial charge in [0.2, 0.25) is 5.88 Å². The van der Waals surface area contributed by atoms with Crippen LogP contribution in [-0.4, -0.2) is 36.5 Å². The summed E-state index contributed by atoms with van der Waals surface area (Å²) in [5.41, 5.74) is 2.40. The molecule has 9 heteroatoms. The lowest BCUT2D eigenvalue weighted by molar-refractivity contribution is 0.309. The maximum atomic E-state index is 12.5. The molecular weight excluding hydrogens is 396 g/mol. The minimum absolute atomic E-state index is 0.222. The second-order valence-corrected chi connectivity index (χ2v) is 6.89. The maximum absolute atomic E-state index is 12.5. The molecule has 9 nitrogen and oxygen atoms in total. The van der Waals surface area contributed by atoms with Crippen LogP contribution in [0, 0.1) is 13.8 Å². The summed E-state index contributed by atoms with van der Waals surface area (Å²) in [7, 11) is 0. The van der Waals surface area contributed by atoms with Gasteiger partial charge in [0, 0.05) is 41.7 Å². The highest BCUT2D eigenvalue weighted by molar-refractivity contribution is 5.50. The summed E-state index contributed by atoms with van der Waals surface area (Å²) in [6.45, 7) is 3.77. The van der Waals surface area contributed by atoms with E-state index in [-0.39, 0.29) is 17.7 Å². The summed E-state index contributed by atoms with van der Waals surface area (Å²) in [5.74, 6) is 1.17. The minimum atomic E-state index is -0.244. The van der Waals surface area contributed by atoms with Crippen molar-refractivity contribution < 1.29 is 4.74 Å². The SMILES string of the molecule is Cc1cc(=O)[nH]c(-c2cccc(OCCc3c(C)nc(-c4ccccn4)[nH]c3=O)n2)n1. The fraction of sp³-hybridized carbons (Fsp3) is 0.182. The molecule has 31 heavy (non-hydrogen) atoms. The van der Waals surface area contributed by atoms with Gasteiger partial charge in [0.15, 0.2) is 11.6 Å². The highest BCUT2D eigenvalue weighted by atomic mass is 16.5. The molecule has 0 saturated carbocycles. The number of aromatic nitrogens is 6. The molecule has 156 valence electrons. The molecule has 0 unspecified atom stereocenters. The first-order chi connectivity index (χ1) is 15.0. The predicted molar refractivity (Wildman–Crippen MR) is 115 cm³/mol. The van der Waals surface area contributed by atoms with E-state index >= 15 is 0 Å². The molecule has 4 rings (SSSR count). The standard InChI is InChI=1S/C22H20N6O3/c1-13-12-18(29)27-21(24-13)17-7-5-8-19(26-17)31-11-9-15-14(2)25-20(28-22(15)30)16-6-3-4-10-23-16/h3-8,10,12H,9,11H2,1-2H3,(H,24,27,29)(H,25,28,30). The van der Waals surface area contributed by atoms with Crippen LogP contribution < -0.4 is 15.9 Å². The van der Waals surface area contributed by atoms with Crippen LogP contribution in [0.1, 0.15) is 17.0 Å². The number of pyridine rings is 2. The van der Waals surface area contributed by atoms with Crippen LogP contribution >= 0.6 is 0 Å². The summed E-state index contributed by atoms with van der Waals surface area (Å²) in [5, 5.41) is 0. The third-order valence-corrected chi connectivity index (χ3v) is 4.57. The number of hydrogen-bond donors (Lipinski definition) is 2.